The molecule has 2 saturated carbocycles. The van der Waals surface area contributed by atoms with Crippen molar-refractivity contribution in [3.8, 4) is 0 Å². The summed E-state index contributed by atoms with van der Waals surface area (Å²) in [6.45, 7) is 6.91. The predicted octanol–water partition coefficient (Wildman–Crippen LogP) is 3.36. The van der Waals surface area contributed by atoms with Crippen LogP contribution in [0.25, 0.3) is 0 Å². The highest BCUT2D eigenvalue weighted by Gasteiger charge is 2.34. The first-order valence-electron chi connectivity index (χ1n) is 7.38. The zero-order valence-corrected chi connectivity index (χ0v) is 11.5. The average Bonchev–Trinajstić information content (AvgIpc) is 2.13. The molecule has 3 atom stereocenters. The van der Waals surface area contributed by atoms with Crippen molar-refractivity contribution in [2.75, 3.05) is 0 Å². The first-order chi connectivity index (χ1) is 8.08. The summed E-state index contributed by atoms with van der Waals surface area (Å²) in [5.41, 5.74) is 0. The fourth-order valence-corrected chi connectivity index (χ4v) is 3.34. The van der Waals surface area contributed by atoms with Crippen molar-refractivity contribution in [2.24, 2.45) is 23.7 Å². The Morgan fingerprint density at radius 1 is 1.18 bits per heavy atom. The van der Waals surface area contributed by atoms with Crippen LogP contribution < -0.4 is 5.32 Å². The standard InChI is InChI=1S/C15H27NO/c1-10(2)13-8-7-11(3)9-14(13)16-15(17)12-5-4-6-12/h10-14H,4-9H2,1-3H3,(H,16,17)/t11-,13+,14+/m1/s1. The van der Waals surface area contributed by atoms with E-state index in [4.69, 9.17) is 0 Å². The Kier molecular flexibility index (Phi) is 4.11. The molecule has 2 aliphatic carbocycles. The highest BCUT2D eigenvalue weighted by atomic mass is 16.2. The maximum absolute atomic E-state index is 12.1. The number of rotatable bonds is 3. The van der Waals surface area contributed by atoms with Crippen LogP contribution in [0.4, 0.5) is 0 Å². The van der Waals surface area contributed by atoms with E-state index in [0.29, 0.717) is 29.7 Å². The normalized spacial score (nSPS) is 34.5. The lowest BCUT2D eigenvalue weighted by Gasteiger charge is -2.39. The fraction of sp³-hybridized carbons (Fsp3) is 0.933. The summed E-state index contributed by atoms with van der Waals surface area (Å²) in [4.78, 5) is 12.1. The molecule has 0 unspecified atom stereocenters. The lowest BCUT2D eigenvalue weighted by Crippen LogP contribution is -2.48. The van der Waals surface area contributed by atoms with Gasteiger partial charge in [-0.1, -0.05) is 33.6 Å². The minimum Gasteiger partial charge on any atom is -0.353 e. The van der Waals surface area contributed by atoms with Crippen molar-refractivity contribution in [2.45, 2.75) is 65.3 Å². The average molecular weight is 237 g/mol. The SMILES string of the molecule is CC(C)[C@@H]1CC[C@@H](C)C[C@@H]1NC(=O)C1CCC1. The molecule has 0 spiro atoms. The molecule has 2 heteroatoms. The summed E-state index contributed by atoms with van der Waals surface area (Å²) in [6.07, 6.45) is 7.27. The molecule has 1 amide bonds. The summed E-state index contributed by atoms with van der Waals surface area (Å²) in [5.74, 6) is 2.82. The van der Waals surface area contributed by atoms with Crippen molar-refractivity contribution < 1.29 is 4.79 Å². The van der Waals surface area contributed by atoms with Crippen molar-refractivity contribution in [1.29, 1.82) is 0 Å². The van der Waals surface area contributed by atoms with Crippen LogP contribution >= 0.6 is 0 Å². The third-order valence-corrected chi connectivity index (χ3v) is 4.83. The van der Waals surface area contributed by atoms with Gasteiger partial charge in [-0.05, 0) is 43.4 Å². The number of nitrogens with one attached hydrogen (secondary N) is 1. The van der Waals surface area contributed by atoms with Gasteiger partial charge in [0.2, 0.25) is 5.91 Å². The Morgan fingerprint density at radius 3 is 2.41 bits per heavy atom. The molecule has 2 nitrogen and oxygen atoms in total. The molecule has 0 saturated heterocycles. The van der Waals surface area contributed by atoms with Crippen molar-refractivity contribution in [3.05, 3.63) is 0 Å². The zero-order valence-electron chi connectivity index (χ0n) is 11.5. The second-order valence-corrected chi connectivity index (χ2v) is 6.57. The van der Waals surface area contributed by atoms with Gasteiger partial charge in [-0.3, -0.25) is 4.79 Å². The summed E-state index contributed by atoms with van der Waals surface area (Å²) in [6, 6.07) is 0.437. The molecule has 0 aliphatic heterocycles. The van der Waals surface area contributed by atoms with Crippen LogP contribution in [0.1, 0.15) is 59.3 Å². The fourth-order valence-electron chi connectivity index (χ4n) is 3.34. The molecule has 0 aromatic heterocycles. The summed E-state index contributed by atoms with van der Waals surface area (Å²) in [5, 5.41) is 3.34. The van der Waals surface area contributed by atoms with E-state index in [2.05, 4.69) is 26.1 Å². The maximum Gasteiger partial charge on any atom is 0.223 e. The van der Waals surface area contributed by atoms with Gasteiger partial charge >= 0.3 is 0 Å². The summed E-state index contributed by atoms with van der Waals surface area (Å²) < 4.78 is 0. The van der Waals surface area contributed by atoms with Gasteiger partial charge in [0.05, 0.1) is 0 Å². The third-order valence-electron chi connectivity index (χ3n) is 4.83. The second kappa shape index (κ2) is 5.41. The van der Waals surface area contributed by atoms with Crippen LogP contribution in [-0.4, -0.2) is 11.9 Å². The van der Waals surface area contributed by atoms with Crippen LogP contribution in [0.2, 0.25) is 0 Å². The third kappa shape index (κ3) is 3.02. The first-order valence-corrected chi connectivity index (χ1v) is 7.38. The highest BCUT2D eigenvalue weighted by Crippen LogP contribution is 2.34. The molecule has 98 valence electrons. The molecular weight excluding hydrogens is 210 g/mol. The molecule has 2 fully saturated rings. The quantitative estimate of drug-likeness (QED) is 0.801. The first kappa shape index (κ1) is 12.9. The van der Waals surface area contributed by atoms with Gasteiger partial charge in [0.15, 0.2) is 0 Å². The van der Waals surface area contributed by atoms with Gasteiger partial charge in [-0.25, -0.2) is 0 Å². The smallest absolute Gasteiger partial charge is 0.223 e. The molecule has 17 heavy (non-hydrogen) atoms. The minimum absolute atomic E-state index is 0.333. The Hall–Kier alpha value is -0.530. The van der Waals surface area contributed by atoms with Gasteiger partial charge < -0.3 is 5.32 Å². The molecule has 0 radical (unpaired) electrons. The monoisotopic (exact) mass is 237 g/mol. The predicted molar refractivity (Wildman–Crippen MR) is 70.6 cm³/mol. The molecular formula is C15H27NO. The minimum atomic E-state index is 0.333. The van der Waals surface area contributed by atoms with Gasteiger partial charge in [-0.15, -0.1) is 0 Å². The Bertz CT molecular complexity index is 270. The van der Waals surface area contributed by atoms with Crippen LogP contribution in [0.3, 0.4) is 0 Å². The molecule has 1 N–H and O–H groups in total. The van der Waals surface area contributed by atoms with Crippen LogP contribution in [0, 0.1) is 23.7 Å². The zero-order chi connectivity index (χ0) is 12.4. The lowest BCUT2D eigenvalue weighted by molar-refractivity contribution is -0.129. The number of carbonyl (C=O) groups excluding carboxylic acids is 1. The van der Waals surface area contributed by atoms with Crippen molar-refractivity contribution >= 4 is 5.91 Å². The van der Waals surface area contributed by atoms with E-state index in [9.17, 15) is 4.79 Å². The lowest BCUT2D eigenvalue weighted by atomic mass is 9.73. The van der Waals surface area contributed by atoms with E-state index in [1.54, 1.807) is 0 Å². The highest BCUT2D eigenvalue weighted by molar-refractivity contribution is 5.79. The molecule has 0 aromatic rings. The van der Waals surface area contributed by atoms with E-state index in [-0.39, 0.29) is 0 Å². The Morgan fingerprint density at radius 2 is 1.88 bits per heavy atom. The molecule has 2 aliphatic rings. The van der Waals surface area contributed by atoms with Gasteiger partial charge in [0.25, 0.3) is 0 Å². The summed E-state index contributed by atoms with van der Waals surface area (Å²) in [7, 11) is 0. The second-order valence-electron chi connectivity index (χ2n) is 6.57. The number of carbonyl (C=O) groups is 1. The molecule has 0 aromatic carbocycles. The molecule has 0 heterocycles. The van der Waals surface area contributed by atoms with Crippen LogP contribution in [0.15, 0.2) is 0 Å². The van der Waals surface area contributed by atoms with E-state index in [0.717, 1.165) is 18.8 Å². The summed E-state index contributed by atoms with van der Waals surface area (Å²) >= 11 is 0. The molecule has 2 rings (SSSR count). The number of hydrogen-bond donors (Lipinski definition) is 1. The van der Waals surface area contributed by atoms with Crippen molar-refractivity contribution in [1.82, 2.24) is 5.32 Å². The van der Waals surface area contributed by atoms with E-state index < -0.39 is 0 Å². The van der Waals surface area contributed by atoms with Crippen molar-refractivity contribution in [3.63, 3.8) is 0 Å². The Labute approximate surface area is 106 Å². The number of hydrogen-bond acceptors (Lipinski definition) is 1. The van der Waals surface area contributed by atoms with Crippen LogP contribution in [0.5, 0.6) is 0 Å². The maximum atomic E-state index is 12.1. The Balaban J connectivity index is 1.92. The molecule has 0 bridgehead atoms. The van der Waals surface area contributed by atoms with E-state index in [1.165, 1.54) is 25.7 Å². The topological polar surface area (TPSA) is 29.1 Å². The largest absolute Gasteiger partial charge is 0.353 e. The van der Waals surface area contributed by atoms with Gasteiger partial charge in [0.1, 0.15) is 0 Å². The van der Waals surface area contributed by atoms with Gasteiger partial charge in [0, 0.05) is 12.0 Å². The van der Waals surface area contributed by atoms with Gasteiger partial charge in [-0.2, -0.15) is 0 Å². The number of amides is 1. The van der Waals surface area contributed by atoms with E-state index in [1.807, 2.05) is 0 Å². The van der Waals surface area contributed by atoms with E-state index >= 15 is 0 Å². The van der Waals surface area contributed by atoms with Crippen LogP contribution in [-0.2, 0) is 4.79 Å².